The summed E-state index contributed by atoms with van der Waals surface area (Å²) in [6.45, 7) is 2.50. The van der Waals surface area contributed by atoms with Crippen LogP contribution in [0.1, 0.15) is 12.5 Å². The van der Waals surface area contributed by atoms with E-state index in [4.69, 9.17) is 27.9 Å². The Hall–Kier alpha value is -2.08. The van der Waals surface area contributed by atoms with Gasteiger partial charge in [-0.1, -0.05) is 35.3 Å². The van der Waals surface area contributed by atoms with Crippen LogP contribution in [0, 0.1) is 0 Å². The molecule has 0 aliphatic rings. The van der Waals surface area contributed by atoms with E-state index in [1.54, 1.807) is 12.3 Å². The molecule has 128 valence electrons. The predicted molar refractivity (Wildman–Crippen MR) is 106 cm³/mol. The van der Waals surface area contributed by atoms with Gasteiger partial charge in [-0.15, -0.1) is 11.3 Å². The maximum absolute atomic E-state index is 6.16. The zero-order valence-corrected chi connectivity index (χ0v) is 15.7. The van der Waals surface area contributed by atoms with Crippen molar-refractivity contribution in [2.45, 2.75) is 6.92 Å². The lowest BCUT2D eigenvalue weighted by Gasteiger charge is -2.05. The van der Waals surface area contributed by atoms with Crippen molar-refractivity contribution in [1.82, 2.24) is 4.98 Å². The van der Waals surface area contributed by atoms with Gasteiger partial charge in [0.15, 0.2) is 0 Å². The van der Waals surface area contributed by atoms with Crippen molar-refractivity contribution in [3.8, 4) is 17.0 Å². The number of ether oxygens (including phenoxy) is 1. The summed E-state index contributed by atoms with van der Waals surface area (Å²) >= 11 is 13.5. The number of hydrazone groups is 1. The second kappa shape index (κ2) is 8.34. The monoisotopic (exact) mass is 391 g/mol. The Morgan fingerprint density at radius 2 is 2.00 bits per heavy atom. The van der Waals surface area contributed by atoms with Gasteiger partial charge in [0, 0.05) is 16.0 Å². The first kappa shape index (κ1) is 17.7. The summed E-state index contributed by atoms with van der Waals surface area (Å²) in [4.78, 5) is 4.50. The molecule has 25 heavy (non-hydrogen) atoms. The number of nitrogens with zero attached hydrogens (tertiary/aromatic N) is 2. The van der Waals surface area contributed by atoms with Gasteiger partial charge in [-0.25, -0.2) is 4.98 Å². The number of aromatic nitrogens is 1. The second-order valence-electron chi connectivity index (χ2n) is 5.04. The minimum atomic E-state index is 0.560. The SMILES string of the molecule is CCOc1ccc(/C=N\Nc2nc(-c3ccc(Cl)cc3)cs2)cc1Cl. The van der Waals surface area contributed by atoms with Crippen LogP contribution in [0.4, 0.5) is 5.13 Å². The summed E-state index contributed by atoms with van der Waals surface area (Å²) in [5, 5.41) is 8.14. The van der Waals surface area contributed by atoms with E-state index in [9.17, 15) is 0 Å². The lowest BCUT2D eigenvalue weighted by molar-refractivity contribution is 0.340. The number of anilines is 1. The van der Waals surface area contributed by atoms with Crippen LogP contribution in [-0.4, -0.2) is 17.8 Å². The molecule has 0 fully saturated rings. The van der Waals surface area contributed by atoms with Crippen molar-refractivity contribution in [3.05, 3.63) is 63.5 Å². The molecule has 1 heterocycles. The number of benzene rings is 2. The molecule has 1 N–H and O–H groups in total. The molecule has 1 aromatic heterocycles. The molecule has 0 aliphatic heterocycles. The van der Waals surface area contributed by atoms with Gasteiger partial charge in [-0.2, -0.15) is 5.10 Å². The van der Waals surface area contributed by atoms with Crippen molar-refractivity contribution >= 4 is 45.9 Å². The third kappa shape index (κ3) is 4.72. The largest absolute Gasteiger partial charge is 0.492 e. The number of nitrogens with one attached hydrogen (secondary N) is 1. The van der Waals surface area contributed by atoms with Gasteiger partial charge < -0.3 is 4.74 Å². The van der Waals surface area contributed by atoms with E-state index in [-0.39, 0.29) is 0 Å². The molecule has 0 aliphatic carbocycles. The van der Waals surface area contributed by atoms with E-state index in [1.165, 1.54) is 11.3 Å². The number of thiazole rings is 1. The molecule has 3 rings (SSSR count). The molecule has 3 aromatic rings. The lowest BCUT2D eigenvalue weighted by Crippen LogP contribution is -1.94. The van der Waals surface area contributed by atoms with Crippen molar-refractivity contribution in [2.75, 3.05) is 12.0 Å². The average molecular weight is 392 g/mol. The van der Waals surface area contributed by atoms with E-state index >= 15 is 0 Å². The van der Waals surface area contributed by atoms with Crippen LogP contribution in [0.3, 0.4) is 0 Å². The Labute approximate surface area is 160 Å². The highest BCUT2D eigenvalue weighted by Crippen LogP contribution is 2.26. The molecule has 0 saturated heterocycles. The number of hydrogen-bond acceptors (Lipinski definition) is 5. The Morgan fingerprint density at radius 3 is 2.72 bits per heavy atom. The third-order valence-electron chi connectivity index (χ3n) is 3.27. The second-order valence-corrected chi connectivity index (χ2v) is 6.74. The van der Waals surface area contributed by atoms with Gasteiger partial charge in [0.2, 0.25) is 5.13 Å². The van der Waals surface area contributed by atoms with Gasteiger partial charge >= 0.3 is 0 Å². The number of rotatable bonds is 6. The minimum absolute atomic E-state index is 0.560. The topological polar surface area (TPSA) is 46.5 Å². The number of halogens is 2. The maximum atomic E-state index is 6.16. The molecule has 0 amide bonds. The summed E-state index contributed by atoms with van der Waals surface area (Å²) in [5.74, 6) is 0.668. The Bertz CT molecular complexity index is 878. The van der Waals surface area contributed by atoms with Gasteiger partial charge in [-0.05, 0) is 42.8 Å². The molecule has 0 atom stereocenters. The standard InChI is InChI=1S/C18H15Cl2N3OS/c1-2-24-17-8-3-12(9-15(17)20)10-21-23-18-22-16(11-25-18)13-4-6-14(19)7-5-13/h3-11H,2H2,1H3,(H,22,23)/b21-10-. The van der Waals surface area contributed by atoms with E-state index in [1.807, 2.05) is 48.7 Å². The van der Waals surface area contributed by atoms with E-state index < -0.39 is 0 Å². The van der Waals surface area contributed by atoms with Crippen molar-refractivity contribution in [3.63, 3.8) is 0 Å². The first-order valence-corrected chi connectivity index (χ1v) is 9.22. The number of hydrogen-bond donors (Lipinski definition) is 1. The Morgan fingerprint density at radius 1 is 1.20 bits per heavy atom. The van der Waals surface area contributed by atoms with Crippen LogP contribution in [0.15, 0.2) is 52.9 Å². The fourth-order valence-electron chi connectivity index (χ4n) is 2.11. The van der Waals surface area contributed by atoms with Gasteiger partial charge in [0.25, 0.3) is 0 Å². The molecule has 0 spiro atoms. The normalized spacial score (nSPS) is 11.0. The molecule has 0 bridgehead atoms. The molecule has 0 radical (unpaired) electrons. The maximum Gasteiger partial charge on any atom is 0.203 e. The van der Waals surface area contributed by atoms with Crippen molar-refractivity contribution in [1.29, 1.82) is 0 Å². The molecule has 7 heteroatoms. The fraction of sp³-hybridized carbons (Fsp3) is 0.111. The molecule has 0 saturated carbocycles. The molecule has 2 aromatic carbocycles. The van der Waals surface area contributed by atoms with Crippen LogP contribution >= 0.6 is 34.5 Å². The van der Waals surface area contributed by atoms with Gasteiger partial charge in [-0.3, -0.25) is 5.43 Å². The summed E-state index contributed by atoms with van der Waals surface area (Å²) in [5.41, 5.74) is 5.69. The smallest absolute Gasteiger partial charge is 0.203 e. The van der Waals surface area contributed by atoms with Gasteiger partial charge in [0.1, 0.15) is 5.75 Å². The van der Waals surface area contributed by atoms with Crippen LogP contribution in [0.5, 0.6) is 5.75 Å². The van der Waals surface area contributed by atoms with Gasteiger partial charge in [0.05, 0.1) is 23.5 Å². The summed E-state index contributed by atoms with van der Waals surface area (Å²) in [6.07, 6.45) is 1.69. The van der Waals surface area contributed by atoms with Crippen molar-refractivity contribution in [2.24, 2.45) is 5.10 Å². The zero-order valence-electron chi connectivity index (χ0n) is 13.4. The highest BCUT2D eigenvalue weighted by molar-refractivity contribution is 7.14. The molecule has 4 nitrogen and oxygen atoms in total. The van der Waals surface area contributed by atoms with E-state index in [2.05, 4.69) is 15.5 Å². The summed E-state index contributed by atoms with van der Waals surface area (Å²) in [6, 6.07) is 13.1. The Balaban J connectivity index is 1.65. The summed E-state index contributed by atoms with van der Waals surface area (Å²) in [7, 11) is 0. The lowest BCUT2D eigenvalue weighted by atomic mass is 10.2. The van der Waals surface area contributed by atoms with Crippen LogP contribution in [0.25, 0.3) is 11.3 Å². The molecular weight excluding hydrogens is 377 g/mol. The predicted octanol–water partition coefficient (Wildman–Crippen LogP) is 5.96. The minimum Gasteiger partial charge on any atom is -0.492 e. The molecular formula is C18H15Cl2N3OS. The van der Waals surface area contributed by atoms with Crippen LogP contribution in [-0.2, 0) is 0 Å². The zero-order chi connectivity index (χ0) is 17.6. The highest BCUT2D eigenvalue weighted by Gasteiger charge is 2.04. The van der Waals surface area contributed by atoms with E-state index in [0.717, 1.165) is 16.8 Å². The quantitative estimate of drug-likeness (QED) is 0.416. The summed E-state index contributed by atoms with van der Waals surface area (Å²) < 4.78 is 5.41. The van der Waals surface area contributed by atoms with Crippen LogP contribution in [0.2, 0.25) is 10.0 Å². The van der Waals surface area contributed by atoms with E-state index in [0.29, 0.717) is 27.5 Å². The van der Waals surface area contributed by atoms with Crippen LogP contribution < -0.4 is 10.2 Å². The average Bonchev–Trinajstić information content (AvgIpc) is 3.07. The molecule has 0 unspecified atom stereocenters. The first-order chi connectivity index (χ1) is 12.2. The highest BCUT2D eigenvalue weighted by atomic mass is 35.5. The third-order valence-corrected chi connectivity index (χ3v) is 4.57. The van der Waals surface area contributed by atoms with Crippen molar-refractivity contribution < 1.29 is 4.74 Å². The Kier molecular flexibility index (Phi) is 5.91. The fourth-order valence-corrected chi connectivity index (χ4v) is 3.15. The first-order valence-electron chi connectivity index (χ1n) is 7.58.